The molecule has 3 N–H and O–H groups in total. The molecule has 0 saturated heterocycles. The van der Waals surface area contributed by atoms with Crippen molar-refractivity contribution in [1.29, 1.82) is 0 Å². The molecule has 36 heavy (non-hydrogen) atoms. The molecule has 0 saturated carbocycles. The highest BCUT2D eigenvalue weighted by atomic mass is 19.1. The SMILES string of the molecule is CC(C(N)=O)N(C)c1ccc(-c2ccc(F)cc2)n(C(=O)C(=O)NC2CCCc3ccccc32)c1=O. The lowest BCUT2D eigenvalue weighted by Gasteiger charge is -2.27. The first-order valence-corrected chi connectivity index (χ1v) is 11.7. The number of hydrogen-bond acceptors (Lipinski definition) is 5. The van der Waals surface area contributed by atoms with E-state index in [9.17, 15) is 23.6 Å². The van der Waals surface area contributed by atoms with Crippen molar-refractivity contribution in [3.05, 3.63) is 88.0 Å². The molecule has 2 aromatic carbocycles. The lowest BCUT2D eigenvalue weighted by molar-refractivity contribution is -0.119. The molecule has 3 aromatic rings. The molecule has 1 aliphatic carbocycles. The van der Waals surface area contributed by atoms with E-state index in [-0.39, 0.29) is 17.4 Å². The van der Waals surface area contributed by atoms with Crippen LogP contribution in [0.3, 0.4) is 0 Å². The molecule has 1 aromatic heterocycles. The number of likely N-dealkylation sites (N-methyl/N-ethyl adjacent to an activating group) is 1. The summed E-state index contributed by atoms with van der Waals surface area (Å²) in [5.41, 5.74) is 7.15. The fraction of sp³-hybridized carbons (Fsp3) is 0.259. The monoisotopic (exact) mass is 490 g/mol. The molecule has 1 aliphatic rings. The van der Waals surface area contributed by atoms with Gasteiger partial charge in [0, 0.05) is 7.05 Å². The Morgan fingerprint density at radius 3 is 2.47 bits per heavy atom. The maximum absolute atomic E-state index is 13.5. The predicted molar refractivity (Wildman–Crippen MR) is 134 cm³/mol. The first kappa shape index (κ1) is 24.8. The van der Waals surface area contributed by atoms with Gasteiger partial charge in [-0.05, 0) is 79.3 Å². The molecule has 0 spiro atoms. The minimum atomic E-state index is -1.08. The number of aromatic nitrogens is 1. The Morgan fingerprint density at radius 1 is 1.08 bits per heavy atom. The summed E-state index contributed by atoms with van der Waals surface area (Å²) in [6.45, 7) is 1.52. The summed E-state index contributed by atoms with van der Waals surface area (Å²) in [5, 5.41) is 2.78. The zero-order valence-corrected chi connectivity index (χ0v) is 20.0. The minimum absolute atomic E-state index is 0.0105. The summed E-state index contributed by atoms with van der Waals surface area (Å²) >= 11 is 0. The summed E-state index contributed by atoms with van der Waals surface area (Å²) in [5.74, 6) is -3.17. The van der Waals surface area contributed by atoms with Crippen LogP contribution in [0.4, 0.5) is 10.1 Å². The van der Waals surface area contributed by atoms with Gasteiger partial charge in [-0.1, -0.05) is 24.3 Å². The van der Waals surface area contributed by atoms with Crippen molar-refractivity contribution in [3.63, 3.8) is 0 Å². The van der Waals surface area contributed by atoms with E-state index < -0.39 is 35.1 Å². The van der Waals surface area contributed by atoms with Crippen molar-refractivity contribution in [2.75, 3.05) is 11.9 Å². The van der Waals surface area contributed by atoms with Crippen molar-refractivity contribution < 1.29 is 18.8 Å². The summed E-state index contributed by atoms with van der Waals surface area (Å²) < 4.78 is 14.3. The van der Waals surface area contributed by atoms with Crippen LogP contribution < -0.4 is 21.5 Å². The fourth-order valence-electron chi connectivity index (χ4n) is 4.47. The third kappa shape index (κ3) is 4.77. The van der Waals surface area contributed by atoms with Crippen LogP contribution in [-0.2, 0) is 16.0 Å². The van der Waals surface area contributed by atoms with E-state index in [1.54, 1.807) is 0 Å². The molecule has 2 amide bonds. The van der Waals surface area contributed by atoms with Crippen molar-refractivity contribution >= 4 is 23.4 Å². The van der Waals surface area contributed by atoms with Gasteiger partial charge < -0.3 is 16.0 Å². The summed E-state index contributed by atoms with van der Waals surface area (Å²) in [6.07, 6.45) is 2.40. The van der Waals surface area contributed by atoms with Gasteiger partial charge in [-0.25, -0.2) is 8.96 Å². The number of primary amides is 1. The van der Waals surface area contributed by atoms with Gasteiger partial charge in [0.15, 0.2) is 0 Å². The van der Waals surface area contributed by atoms with Gasteiger partial charge in [-0.3, -0.25) is 19.2 Å². The van der Waals surface area contributed by atoms with Crippen LogP contribution in [0.2, 0.25) is 0 Å². The van der Waals surface area contributed by atoms with Crippen LogP contribution in [0, 0.1) is 5.82 Å². The molecule has 0 radical (unpaired) electrons. The quantitative estimate of drug-likeness (QED) is 0.534. The van der Waals surface area contributed by atoms with E-state index in [1.165, 1.54) is 55.3 Å². The molecule has 4 rings (SSSR count). The van der Waals surface area contributed by atoms with Crippen LogP contribution in [0.25, 0.3) is 11.3 Å². The average Bonchev–Trinajstić information content (AvgIpc) is 2.88. The Morgan fingerprint density at radius 2 is 1.78 bits per heavy atom. The second kappa shape index (κ2) is 10.2. The highest BCUT2D eigenvalue weighted by Gasteiger charge is 2.29. The van der Waals surface area contributed by atoms with Gasteiger partial charge in [-0.15, -0.1) is 0 Å². The van der Waals surface area contributed by atoms with Gasteiger partial charge in [-0.2, -0.15) is 0 Å². The molecule has 0 fully saturated rings. The predicted octanol–water partition coefficient (Wildman–Crippen LogP) is 2.80. The number of anilines is 1. The highest BCUT2D eigenvalue weighted by molar-refractivity contribution is 6.36. The Hall–Kier alpha value is -4.27. The van der Waals surface area contributed by atoms with Crippen molar-refractivity contribution in [1.82, 2.24) is 9.88 Å². The summed E-state index contributed by atoms with van der Waals surface area (Å²) in [6, 6.07) is 14.7. The van der Waals surface area contributed by atoms with Crippen LogP contribution in [0.1, 0.15) is 41.7 Å². The molecule has 2 atom stereocenters. The van der Waals surface area contributed by atoms with E-state index in [1.807, 2.05) is 24.3 Å². The van der Waals surface area contributed by atoms with Crippen LogP contribution in [-0.4, -0.2) is 35.4 Å². The van der Waals surface area contributed by atoms with Gasteiger partial charge >= 0.3 is 11.8 Å². The van der Waals surface area contributed by atoms with Gasteiger partial charge in [0.25, 0.3) is 5.56 Å². The zero-order valence-electron chi connectivity index (χ0n) is 20.0. The number of hydrogen-bond donors (Lipinski definition) is 2. The van der Waals surface area contributed by atoms with Crippen molar-refractivity contribution in [2.45, 2.75) is 38.3 Å². The van der Waals surface area contributed by atoms with Crippen molar-refractivity contribution in [3.8, 4) is 11.3 Å². The topological polar surface area (TPSA) is 114 Å². The Kier molecular flexibility index (Phi) is 7.00. The number of carbonyl (C=O) groups excluding carboxylic acids is 3. The number of halogens is 1. The number of aryl methyl sites for hydroxylation is 1. The number of fused-ring (bicyclic) bond motifs is 1. The number of nitrogens with two attached hydrogens (primary N) is 1. The Bertz CT molecular complexity index is 1380. The van der Waals surface area contributed by atoms with E-state index in [4.69, 9.17) is 5.73 Å². The van der Waals surface area contributed by atoms with E-state index in [0.29, 0.717) is 12.0 Å². The third-order valence-corrected chi connectivity index (χ3v) is 6.65. The number of rotatable bonds is 5. The third-order valence-electron chi connectivity index (χ3n) is 6.65. The molecule has 186 valence electrons. The Balaban J connectivity index is 1.76. The number of amides is 2. The fourth-order valence-corrected chi connectivity index (χ4v) is 4.47. The molecule has 2 unspecified atom stereocenters. The average molecular weight is 491 g/mol. The van der Waals surface area contributed by atoms with Crippen LogP contribution >= 0.6 is 0 Å². The van der Waals surface area contributed by atoms with Crippen LogP contribution in [0.15, 0.2) is 65.5 Å². The lowest BCUT2D eigenvalue weighted by Crippen LogP contribution is -2.46. The lowest BCUT2D eigenvalue weighted by atomic mass is 9.88. The smallest absolute Gasteiger partial charge is 0.323 e. The second-order valence-corrected chi connectivity index (χ2v) is 8.86. The summed E-state index contributed by atoms with van der Waals surface area (Å²) in [4.78, 5) is 53.2. The largest absolute Gasteiger partial charge is 0.368 e. The maximum Gasteiger partial charge on any atom is 0.323 e. The zero-order chi connectivity index (χ0) is 26.0. The van der Waals surface area contributed by atoms with E-state index >= 15 is 0 Å². The molecule has 1 heterocycles. The molecule has 9 heteroatoms. The number of pyridine rings is 1. The molecule has 0 aliphatic heterocycles. The Labute approximate surface area is 207 Å². The number of nitrogens with one attached hydrogen (secondary N) is 1. The van der Waals surface area contributed by atoms with E-state index in [2.05, 4.69) is 5.32 Å². The normalized spacial score (nSPS) is 15.5. The maximum atomic E-state index is 13.5. The van der Waals surface area contributed by atoms with Gasteiger partial charge in [0.2, 0.25) is 5.91 Å². The molecular formula is C27H27FN4O4. The molecule has 0 bridgehead atoms. The van der Waals surface area contributed by atoms with Crippen molar-refractivity contribution in [2.24, 2.45) is 5.73 Å². The van der Waals surface area contributed by atoms with Crippen LogP contribution in [0.5, 0.6) is 0 Å². The van der Waals surface area contributed by atoms with E-state index in [0.717, 1.165) is 28.5 Å². The molecule has 8 nitrogen and oxygen atoms in total. The standard InChI is InChI=1S/C27H27FN4O4/c1-16(24(29)33)31(2)23-15-14-22(18-10-12-19(28)13-11-18)32(26(23)35)27(36)25(34)30-21-9-5-7-17-6-3-4-8-20(17)21/h3-4,6,8,10-16,21H,5,7,9H2,1-2H3,(H2,29,33)(H,30,34). The summed E-state index contributed by atoms with van der Waals surface area (Å²) in [7, 11) is 1.50. The second-order valence-electron chi connectivity index (χ2n) is 8.86. The first-order chi connectivity index (χ1) is 17.2. The number of nitrogens with zero attached hydrogens (tertiary/aromatic N) is 2. The highest BCUT2D eigenvalue weighted by Crippen LogP contribution is 2.29. The number of benzene rings is 2. The number of carbonyl (C=O) groups is 3. The first-order valence-electron chi connectivity index (χ1n) is 11.7. The van der Waals surface area contributed by atoms with Gasteiger partial charge in [0.1, 0.15) is 17.5 Å². The minimum Gasteiger partial charge on any atom is -0.368 e. The van der Waals surface area contributed by atoms with Gasteiger partial charge in [0.05, 0.1) is 11.7 Å². The molecular weight excluding hydrogens is 463 g/mol.